The van der Waals surface area contributed by atoms with Crippen molar-refractivity contribution >= 4 is 43.0 Å². The summed E-state index contributed by atoms with van der Waals surface area (Å²) in [5.41, 5.74) is 2.31. The lowest BCUT2D eigenvalue weighted by Gasteiger charge is -2.23. The van der Waals surface area contributed by atoms with Crippen LogP contribution in [-0.2, 0) is 31.9 Å². The molecule has 0 aliphatic carbocycles. The Bertz CT molecular complexity index is 2160. The van der Waals surface area contributed by atoms with Gasteiger partial charge in [-0.3, -0.25) is 19.0 Å². The van der Waals surface area contributed by atoms with E-state index in [1.54, 1.807) is 88.5 Å². The van der Waals surface area contributed by atoms with E-state index in [-0.39, 0.29) is 21.2 Å². The summed E-state index contributed by atoms with van der Waals surface area (Å²) in [4.78, 5) is 27.1. The van der Waals surface area contributed by atoms with Gasteiger partial charge in [0.2, 0.25) is 5.91 Å². The third kappa shape index (κ3) is 6.32. The van der Waals surface area contributed by atoms with Crippen LogP contribution in [0, 0.1) is 20.8 Å². The number of para-hydroxylation sites is 2. The van der Waals surface area contributed by atoms with E-state index in [9.17, 15) is 26.4 Å². The first-order valence-electron chi connectivity index (χ1n) is 14.2. The maximum atomic E-state index is 14.0. The molecule has 1 aromatic heterocycles. The molecular formula is C33H33N5O6S2. The second kappa shape index (κ2) is 12.7. The van der Waals surface area contributed by atoms with Crippen LogP contribution in [0.15, 0.2) is 118 Å². The van der Waals surface area contributed by atoms with E-state index in [1.165, 1.54) is 45.8 Å². The third-order valence-electron chi connectivity index (χ3n) is 7.56. The Morgan fingerprint density at radius 2 is 1.30 bits per heavy atom. The molecule has 46 heavy (non-hydrogen) atoms. The van der Waals surface area contributed by atoms with E-state index in [0.29, 0.717) is 17.1 Å². The van der Waals surface area contributed by atoms with Gasteiger partial charge in [0, 0.05) is 12.7 Å². The van der Waals surface area contributed by atoms with Crippen LogP contribution in [0.2, 0.25) is 0 Å². The number of hydrogen-bond donors (Lipinski definition) is 2. The van der Waals surface area contributed by atoms with Gasteiger partial charge in [-0.2, -0.15) is 0 Å². The molecular weight excluding hydrogens is 627 g/mol. The molecule has 0 spiro atoms. The van der Waals surface area contributed by atoms with E-state index >= 15 is 0 Å². The van der Waals surface area contributed by atoms with E-state index in [2.05, 4.69) is 10.0 Å². The van der Waals surface area contributed by atoms with Gasteiger partial charge < -0.3 is 5.32 Å². The zero-order chi connectivity index (χ0) is 33.2. The average Bonchev–Trinajstić information content (AvgIpc) is 3.25. The van der Waals surface area contributed by atoms with Crippen molar-refractivity contribution in [2.24, 2.45) is 7.05 Å². The largest absolute Gasteiger partial charge is 0.325 e. The lowest BCUT2D eigenvalue weighted by molar-refractivity contribution is -0.114. The summed E-state index contributed by atoms with van der Waals surface area (Å²) in [5, 5.41) is 2.63. The third-order valence-corrected chi connectivity index (χ3v) is 10.7. The molecule has 0 aliphatic heterocycles. The van der Waals surface area contributed by atoms with Gasteiger partial charge in [0.15, 0.2) is 0 Å². The maximum Gasteiger partial charge on any atom is 0.296 e. The quantitative estimate of drug-likeness (QED) is 0.222. The zero-order valence-corrected chi connectivity index (χ0v) is 27.3. The monoisotopic (exact) mass is 659 g/mol. The van der Waals surface area contributed by atoms with Crippen molar-refractivity contribution in [1.82, 2.24) is 9.36 Å². The molecule has 0 saturated heterocycles. The van der Waals surface area contributed by atoms with Crippen LogP contribution >= 0.6 is 0 Å². The van der Waals surface area contributed by atoms with Gasteiger partial charge in [-0.25, -0.2) is 25.8 Å². The molecule has 1 heterocycles. The summed E-state index contributed by atoms with van der Waals surface area (Å²) in [7, 11) is -6.68. The highest BCUT2D eigenvalue weighted by atomic mass is 32.2. The Labute approximate surface area is 267 Å². The van der Waals surface area contributed by atoms with Gasteiger partial charge >= 0.3 is 0 Å². The highest BCUT2D eigenvalue weighted by Gasteiger charge is 2.33. The fraction of sp³-hybridized carbons (Fsp3) is 0.152. The number of carbonyl (C=O) groups is 1. The molecule has 5 rings (SSSR count). The van der Waals surface area contributed by atoms with Crippen molar-refractivity contribution < 1.29 is 21.6 Å². The standard InChI is InChI=1S/C33H33N5O6S2/c1-23-12-11-13-24(2)31(23)35-45(41,42)28-20-18-26(19-21-28)34-30(39)22-37(46(43,44)29-16-9-6-10-17-29)32-25(3)36(4)38(33(32)40)27-14-7-5-8-15-27/h5-21,35H,22H2,1-4H3,(H,34,39). The number of hydrogen-bond acceptors (Lipinski definition) is 6. The highest BCUT2D eigenvalue weighted by Crippen LogP contribution is 2.27. The average molecular weight is 660 g/mol. The molecule has 0 atom stereocenters. The van der Waals surface area contributed by atoms with Crippen LogP contribution in [0.5, 0.6) is 0 Å². The molecule has 0 fully saturated rings. The predicted molar refractivity (Wildman–Crippen MR) is 179 cm³/mol. The Balaban J connectivity index is 1.45. The van der Waals surface area contributed by atoms with Gasteiger partial charge in [-0.15, -0.1) is 0 Å². The van der Waals surface area contributed by atoms with Crippen molar-refractivity contribution in [2.45, 2.75) is 30.6 Å². The normalized spacial score (nSPS) is 11.7. The van der Waals surface area contributed by atoms with Crippen LogP contribution in [0.1, 0.15) is 16.8 Å². The number of benzene rings is 4. The Morgan fingerprint density at radius 3 is 1.89 bits per heavy atom. The molecule has 0 radical (unpaired) electrons. The minimum absolute atomic E-state index is 0.0252. The van der Waals surface area contributed by atoms with Crippen LogP contribution in [0.25, 0.3) is 5.69 Å². The lowest BCUT2D eigenvalue weighted by atomic mass is 10.1. The molecule has 2 N–H and O–H groups in total. The fourth-order valence-electron chi connectivity index (χ4n) is 5.06. The second-order valence-corrected chi connectivity index (χ2v) is 14.2. The number of aromatic nitrogens is 2. The zero-order valence-electron chi connectivity index (χ0n) is 25.6. The van der Waals surface area contributed by atoms with Crippen molar-refractivity contribution in [3.05, 3.63) is 130 Å². The van der Waals surface area contributed by atoms with E-state index in [0.717, 1.165) is 15.4 Å². The first-order valence-corrected chi connectivity index (χ1v) is 17.1. The maximum absolute atomic E-state index is 14.0. The van der Waals surface area contributed by atoms with Crippen LogP contribution in [-0.4, -0.2) is 38.7 Å². The number of nitrogens with zero attached hydrogens (tertiary/aromatic N) is 3. The van der Waals surface area contributed by atoms with E-state index < -0.39 is 38.1 Å². The Kier molecular flexibility index (Phi) is 8.90. The molecule has 0 bridgehead atoms. The van der Waals surface area contributed by atoms with Crippen molar-refractivity contribution in [2.75, 3.05) is 20.9 Å². The number of rotatable bonds is 10. The fourth-order valence-corrected chi connectivity index (χ4v) is 7.76. The van der Waals surface area contributed by atoms with Gasteiger partial charge in [-0.1, -0.05) is 54.6 Å². The summed E-state index contributed by atoms with van der Waals surface area (Å²) in [6.45, 7) is 4.49. The smallest absolute Gasteiger partial charge is 0.296 e. The molecule has 11 nitrogen and oxygen atoms in total. The predicted octanol–water partition coefficient (Wildman–Crippen LogP) is 4.74. The van der Waals surface area contributed by atoms with Crippen LogP contribution in [0.3, 0.4) is 0 Å². The summed E-state index contributed by atoms with van der Waals surface area (Å²) in [5.74, 6) is -0.738. The second-order valence-electron chi connectivity index (χ2n) is 10.7. The molecule has 13 heteroatoms. The number of nitrogens with one attached hydrogen (secondary N) is 2. The molecule has 0 aliphatic rings. The SMILES string of the molecule is Cc1cccc(C)c1NS(=O)(=O)c1ccc(NC(=O)CN(c2c(C)n(C)n(-c3ccccc3)c2=O)S(=O)(=O)c2ccccc2)cc1. The minimum atomic E-state index is -4.38. The van der Waals surface area contributed by atoms with Crippen molar-refractivity contribution in [3.63, 3.8) is 0 Å². The molecule has 0 saturated carbocycles. The summed E-state index contributed by atoms with van der Waals surface area (Å²) in [6, 6.07) is 27.2. The summed E-state index contributed by atoms with van der Waals surface area (Å²) in [6.07, 6.45) is 0. The molecule has 5 aromatic rings. The Morgan fingerprint density at radius 1 is 0.739 bits per heavy atom. The highest BCUT2D eigenvalue weighted by molar-refractivity contribution is 7.93. The van der Waals surface area contributed by atoms with Crippen molar-refractivity contribution in [3.8, 4) is 5.69 Å². The van der Waals surface area contributed by atoms with E-state index in [1.807, 2.05) is 6.07 Å². The molecule has 4 aromatic carbocycles. The van der Waals surface area contributed by atoms with Gasteiger partial charge in [0.1, 0.15) is 12.2 Å². The number of amides is 1. The lowest BCUT2D eigenvalue weighted by Crippen LogP contribution is -2.41. The Hall–Kier alpha value is -5.14. The van der Waals surface area contributed by atoms with Gasteiger partial charge in [0.25, 0.3) is 25.6 Å². The van der Waals surface area contributed by atoms with Gasteiger partial charge in [-0.05, 0) is 80.4 Å². The number of anilines is 3. The van der Waals surface area contributed by atoms with Crippen LogP contribution in [0.4, 0.5) is 17.1 Å². The molecule has 1 amide bonds. The first kappa shape index (κ1) is 32.3. The first-order chi connectivity index (χ1) is 21.8. The molecule has 238 valence electrons. The number of sulfonamides is 2. The van der Waals surface area contributed by atoms with E-state index in [4.69, 9.17) is 0 Å². The summed E-state index contributed by atoms with van der Waals surface area (Å²) >= 11 is 0. The topological polar surface area (TPSA) is 140 Å². The summed E-state index contributed by atoms with van der Waals surface area (Å²) < 4.78 is 60.3. The number of carbonyl (C=O) groups excluding carboxylic acids is 1. The number of aryl methyl sites for hydroxylation is 2. The van der Waals surface area contributed by atoms with Crippen LogP contribution < -0.4 is 19.9 Å². The van der Waals surface area contributed by atoms with Gasteiger partial charge in [0.05, 0.1) is 26.9 Å². The minimum Gasteiger partial charge on any atom is -0.325 e. The van der Waals surface area contributed by atoms with Crippen molar-refractivity contribution in [1.29, 1.82) is 0 Å². The molecule has 0 unspecified atom stereocenters.